The lowest BCUT2D eigenvalue weighted by Crippen LogP contribution is -2.40. The normalized spacial score (nSPS) is 11.3. The minimum absolute atomic E-state index is 0.122. The zero-order valence-corrected chi connectivity index (χ0v) is 17.5. The standard InChI is InChI=1S/C26H16ClNO4/c27-19-13-12-15-6-1-2-7-16(15)23(19)18-9-5-11-21-24(18)25(26(31)32)17-8-3-4-10-20(17)28(21)14-22(29)30/h1-13H,14H2,(H-,29,30,31,32)/p+1. The van der Waals surface area contributed by atoms with E-state index >= 15 is 0 Å². The monoisotopic (exact) mass is 442 g/mol. The van der Waals surface area contributed by atoms with Gasteiger partial charge < -0.3 is 10.2 Å². The largest absolute Gasteiger partial charge is 0.478 e. The van der Waals surface area contributed by atoms with Crippen molar-refractivity contribution in [3.63, 3.8) is 0 Å². The molecule has 0 amide bonds. The summed E-state index contributed by atoms with van der Waals surface area (Å²) in [6.07, 6.45) is 0. The first-order chi connectivity index (χ1) is 15.5. The van der Waals surface area contributed by atoms with Crippen LogP contribution in [0.15, 0.2) is 78.9 Å². The number of halogens is 1. The maximum atomic E-state index is 12.5. The van der Waals surface area contributed by atoms with Gasteiger partial charge in [-0.15, -0.1) is 0 Å². The van der Waals surface area contributed by atoms with Gasteiger partial charge in [0, 0.05) is 22.7 Å². The van der Waals surface area contributed by atoms with E-state index in [4.69, 9.17) is 11.6 Å². The van der Waals surface area contributed by atoms with Gasteiger partial charge in [-0.25, -0.2) is 9.59 Å². The SMILES string of the molecule is O=C(O)C[n+]1c2ccccc2c(C(=O)O)c2c(-c3c(Cl)ccc4ccccc34)cccc21. The Morgan fingerprint density at radius 1 is 0.781 bits per heavy atom. The highest BCUT2D eigenvalue weighted by Gasteiger charge is 2.28. The number of benzene rings is 4. The van der Waals surface area contributed by atoms with Gasteiger partial charge in [0.15, 0.2) is 0 Å². The summed E-state index contributed by atoms with van der Waals surface area (Å²) in [5, 5.41) is 23.1. The van der Waals surface area contributed by atoms with Crippen molar-refractivity contribution in [3.8, 4) is 11.1 Å². The van der Waals surface area contributed by atoms with Gasteiger partial charge in [0.25, 0.3) is 0 Å². The molecule has 1 aromatic heterocycles. The molecule has 2 N–H and O–H groups in total. The predicted molar refractivity (Wildman–Crippen MR) is 124 cm³/mol. The lowest BCUT2D eigenvalue weighted by molar-refractivity contribution is -0.633. The minimum atomic E-state index is -1.09. The van der Waals surface area contributed by atoms with E-state index in [2.05, 4.69) is 0 Å². The molecule has 1 heterocycles. The second kappa shape index (κ2) is 7.62. The molecule has 156 valence electrons. The fourth-order valence-electron chi connectivity index (χ4n) is 4.47. The van der Waals surface area contributed by atoms with Crippen LogP contribution in [-0.4, -0.2) is 22.2 Å². The molecule has 0 unspecified atom stereocenters. The van der Waals surface area contributed by atoms with Crippen LogP contribution in [0, 0.1) is 0 Å². The van der Waals surface area contributed by atoms with Crippen molar-refractivity contribution in [1.82, 2.24) is 0 Å². The molecule has 0 aliphatic rings. The first-order valence-electron chi connectivity index (χ1n) is 9.97. The molecule has 0 atom stereocenters. The summed E-state index contributed by atoms with van der Waals surface area (Å²) in [5.74, 6) is -2.10. The average molecular weight is 443 g/mol. The summed E-state index contributed by atoms with van der Waals surface area (Å²) in [7, 11) is 0. The first-order valence-corrected chi connectivity index (χ1v) is 10.3. The fraction of sp³-hybridized carbons (Fsp3) is 0.0385. The number of carboxylic acids is 2. The number of pyridine rings is 1. The van der Waals surface area contributed by atoms with Crippen LogP contribution < -0.4 is 4.57 Å². The van der Waals surface area contributed by atoms with Crippen molar-refractivity contribution in [2.75, 3.05) is 0 Å². The van der Waals surface area contributed by atoms with Crippen LogP contribution in [0.2, 0.25) is 5.02 Å². The van der Waals surface area contributed by atoms with Crippen LogP contribution in [0.5, 0.6) is 0 Å². The number of carboxylic acid groups (broad SMARTS) is 2. The summed E-state index contributed by atoms with van der Waals surface area (Å²) < 4.78 is 1.64. The highest BCUT2D eigenvalue weighted by Crippen LogP contribution is 2.40. The number of fused-ring (bicyclic) bond motifs is 3. The van der Waals surface area contributed by atoms with Crippen molar-refractivity contribution in [1.29, 1.82) is 0 Å². The van der Waals surface area contributed by atoms with E-state index in [0.717, 1.165) is 16.3 Å². The minimum Gasteiger partial charge on any atom is -0.478 e. The van der Waals surface area contributed by atoms with E-state index in [1.54, 1.807) is 47.0 Å². The molecule has 0 bridgehead atoms. The number of carbonyl (C=O) groups is 2. The van der Waals surface area contributed by atoms with Crippen molar-refractivity contribution >= 4 is 56.1 Å². The Morgan fingerprint density at radius 3 is 2.22 bits per heavy atom. The number of rotatable bonds is 4. The Hall–Kier alpha value is -3.96. The van der Waals surface area contributed by atoms with Crippen molar-refractivity contribution in [3.05, 3.63) is 89.4 Å². The van der Waals surface area contributed by atoms with Gasteiger partial charge >= 0.3 is 11.9 Å². The predicted octanol–water partition coefficient (Wildman–Crippen LogP) is 5.54. The molecule has 5 rings (SSSR count). The van der Waals surface area contributed by atoms with Gasteiger partial charge in [-0.3, -0.25) is 0 Å². The van der Waals surface area contributed by atoms with Gasteiger partial charge in [0.2, 0.25) is 17.6 Å². The molecule has 0 aliphatic heterocycles. The van der Waals surface area contributed by atoms with Crippen LogP contribution >= 0.6 is 11.6 Å². The molecule has 0 radical (unpaired) electrons. The average Bonchev–Trinajstić information content (AvgIpc) is 2.78. The maximum absolute atomic E-state index is 12.5. The second-order valence-corrected chi connectivity index (χ2v) is 7.93. The summed E-state index contributed by atoms with van der Waals surface area (Å²) in [6, 6.07) is 23.8. The molecule has 32 heavy (non-hydrogen) atoms. The smallest absolute Gasteiger partial charge is 0.370 e. The van der Waals surface area contributed by atoms with Gasteiger partial charge in [-0.2, -0.15) is 4.57 Å². The number of aliphatic carboxylic acids is 1. The van der Waals surface area contributed by atoms with Crippen LogP contribution in [0.3, 0.4) is 0 Å². The maximum Gasteiger partial charge on any atom is 0.370 e. The molecule has 0 saturated carbocycles. The number of aromatic nitrogens is 1. The molecule has 4 aromatic carbocycles. The third kappa shape index (κ3) is 3.06. The third-order valence-electron chi connectivity index (χ3n) is 5.70. The lowest BCUT2D eigenvalue weighted by atomic mass is 9.91. The van der Waals surface area contributed by atoms with Gasteiger partial charge in [-0.05, 0) is 28.5 Å². The summed E-state index contributed by atoms with van der Waals surface area (Å²) in [6.45, 7) is -0.302. The van der Waals surface area contributed by atoms with Gasteiger partial charge in [-0.1, -0.05) is 66.2 Å². The Bertz CT molecular complexity index is 1580. The van der Waals surface area contributed by atoms with Gasteiger partial charge in [0.1, 0.15) is 0 Å². The van der Waals surface area contributed by atoms with E-state index in [1.165, 1.54) is 0 Å². The number of aromatic carboxylic acids is 1. The molecule has 0 aliphatic carbocycles. The Balaban J connectivity index is 2.05. The van der Waals surface area contributed by atoms with Gasteiger partial charge in [0.05, 0.1) is 16.3 Å². The second-order valence-electron chi connectivity index (χ2n) is 7.52. The fourth-order valence-corrected chi connectivity index (χ4v) is 4.73. The molecule has 6 heteroatoms. The van der Waals surface area contributed by atoms with Crippen molar-refractivity contribution < 1.29 is 24.4 Å². The molecule has 0 spiro atoms. The summed E-state index contributed by atoms with van der Waals surface area (Å²) >= 11 is 6.66. The molecule has 0 fully saturated rings. The summed E-state index contributed by atoms with van der Waals surface area (Å²) in [4.78, 5) is 24.2. The molecule has 5 aromatic rings. The van der Waals surface area contributed by atoms with E-state index in [1.807, 2.05) is 36.4 Å². The molecular weight excluding hydrogens is 426 g/mol. The number of hydrogen-bond donors (Lipinski definition) is 2. The zero-order chi connectivity index (χ0) is 22.4. The lowest BCUT2D eigenvalue weighted by Gasteiger charge is -2.15. The van der Waals surface area contributed by atoms with Crippen LogP contribution in [0.4, 0.5) is 0 Å². The highest BCUT2D eigenvalue weighted by molar-refractivity contribution is 6.36. The highest BCUT2D eigenvalue weighted by atomic mass is 35.5. The first kappa shape index (κ1) is 20.0. The van der Waals surface area contributed by atoms with Crippen molar-refractivity contribution in [2.45, 2.75) is 6.54 Å². The quantitative estimate of drug-likeness (QED) is 0.283. The van der Waals surface area contributed by atoms with E-state index in [-0.39, 0.29) is 12.1 Å². The Kier molecular flexibility index (Phi) is 4.76. The topological polar surface area (TPSA) is 78.5 Å². The van der Waals surface area contributed by atoms with Crippen LogP contribution in [-0.2, 0) is 11.3 Å². The number of para-hydroxylation sites is 1. The molecule has 0 saturated heterocycles. The Labute approximate surface area is 187 Å². The number of nitrogens with zero attached hydrogens (tertiary/aromatic N) is 1. The van der Waals surface area contributed by atoms with E-state index < -0.39 is 11.9 Å². The number of hydrogen-bond acceptors (Lipinski definition) is 2. The van der Waals surface area contributed by atoms with E-state index in [0.29, 0.717) is 32.4 Å². The third-order valence-corrected chi connectivity index (χ3v) is 6.02. The van der Waals surface area contributed by atoms with Crippen molar-refractivity contribution in [2.24, 2.45) is 0 Å². The zero-order valence-electron chi connectivity index (χ0n) is 16.7. The Morgan fingerprint density at radius 2 is 1.47 bits per heavy atom. The van der Waals surface area contributed by atoms with Crippen LogP contribution in [0.1, 0.15) is 10.4 Å². The van der Waals surface area contributed by atoms with Crippen LogP contribution in [0.25, 0.3) is 43.7 Å². The van der Waals surface area contributed by atoms with E-state index in [9.17, 15) is 19.8 Å². The summed E-state index contributed by atoms with van der Waals surface area (Å²) in [5.41, 5.74) is 2.55. The molecule has 5 nitrogen and oxygen atoms in total. The molecular formula is C26H17ClNO4+.